The monoisotopic (exact) mass is 350 g/mol. The van der Waals surface area contributed by atoms with Crippen molar-refractivity contribution in [3.05, 3.63) is 32.4 Å². The van der Waals surface area contributed by atoms with E-state index < -0.39 is 0 Å². The molecule has 1 nitrogen and oxygen atoms in total. The number of halogens is 2. The maximum absolute atomic E-state index is 11.9. The first-order valence-corrected chi connectivity index (χ1v) is 6.98. The summed E-state index contributed by atoms with van der Waals surface area (Å²) in [5.41, 5.74) is 0.730. The lowest BCUT2D eigenvalue weighted by Gasteiger charge is -2.09. The molecule has 0 bridgehead atoms. The van der Waals surface area contributed by atoms with Gasteiger partial charge >= 0.3 is 0 Å². The zero-order valence-electron chi connectivity index (χ0n) is 9.59. The lowest BCUT2D eigenvalue weighted by molar-refractivity contribution is 0.0962. The van der Waals surface area contributed by atoms with Crippen molar-refractivity contribution in [2.24, 2.45) is 5.92 Å². The largest absolute Gasteiger partial charge is 0.294 e. The molecule has 0 radical (unpaired) electrons. The van der Waals surface area contributed by atoms with Gasteiger partial charge in [0.05, 0.1) is 5.02 Å². The Labute approximate surface area is 116 Å². The van der Waals surface area contributed by atoms with Crippen molar-refractivity contribution in [2.75, 3.05) is 0 Å². The Kier molecular flexibility index (Phi) is 5.76. The smallest absolute Gasteiger partial charge is 0.163 e. The van der Waals surface area contributed by atoms with Crippen molar-refractivity contribution >= 4 is 40.0 Å². The zero-order chi connectivity index (χ0) is 12.1. The predicted octanol–water partition coefficient (Wildman–Crippen LogP) is 4.95. The van der Waals surface area contributed by atoms with Gasteiger partial charge in [-0.05, 0) is 40.6 Å². The maximum Gasteiger partial charge on any atom is 0.163 e. The Bertz CT molecular complexity index is 376. The Morgan fingerprint density at radius 2 is 2.19 bits per heavy atom. The van der Waals surface area contributed by atoms with Crippen molar-refractivity contribution in [1.82, 2.24) is 0 Å². The first kappa shape index (κ1) is 14.0. The quantitative estimate of drug-likeness (QED) is 0.542. The molecule has 0 N–H and O–H groups in total. The summed E-state index contributed by atoms with van der Waals surface area (Å²) >= 11 is 8.16. The third-order valence-corrected chi connectivity index (χ3v) is 4.13. The summed E-state index contributed by atoms with van der Waals surface area (Å²) in [7, 11) is 0. The van der Waals surface area contributed by atoms with Crippen molar-refractivity contribution in [1.29, 1.82) is 0 Å². The van der Waals surface area contributed by atoms with Crippen LogP contribution in [0, 0.1) is 9.49 Å². The van der Waals surface area contributed by atoms with Gasteiger partial charge in [0.1, 0.15) is 0 Å². The van der Waals surface area contributed by atoms with E-state index in [2.05, 4.69) is 36.4 Å². The van der Waals surface area contributed by atoms with Crippen LogP contribution in [0.5, 0.6) is 0 Å². The van der Waals surface area contributed by atoms with Gasteiger partial charge in [-0.2, -0.15) is 0 Å². The van der Waals surface area contributed by atoms with E-state index in [-0.39, 0.29) is 5.78 Å². The summed E-state index contributed by atoms with van der Waals surface area (Å²) in [6.45, 7) is 4.26. The Morgan fingerprint density at radius 3 is 2.75 bits per heavy atom. The van der Waals surface area contributed by atoms with Crippen LogP contribution in [0.25, 0.3) is 0 Å². The van der Waals surface area contributed by atoms with E-state index in [0.29, 0.717) is 17.4 Å². The van der Waals surface area contributed by atoms with Gasteiger partial charge in [-0.3, -0.25) is 4.79 Å². The van der Waals surface area contributed by atoms with Gasteiger partial charge in [-0.15, -0.1) is 0 Å². The topological polar surface area (TPSA) is 17.1 Å². The summed E-state index contributed by atoms with van der Waals surface area (Å²) in [6, 6.07) is 5.51. The van der Waals surface area contributed by atoms with Gasteiger partial charge in [0, 0.05) is 15.6 Å². The molecule has 1 aromatic rings. The van der Waals surface area contributed by atoms with Gasteiger partial charge in [0.25, 0.3) is 0 Å². The van der Waals surface area contributed by atoms with Gasteiger partial charge in [0.15, 0.2) is 5.78 Å². The number of Topliss-reactive ketones (excluding diaryl/α,β-unsaturated/α-hetero) is 1. The fraction of sp³-hybridized carbons (Fsp3) is 0.462. The zero-order valence-corrected chi connectivity index (χ0v) is 12.5. The molecule has 1 unspecified atom stereocenters. The molecule has 0 amide bonds. The molecule has 88 valence electrons. The van der Waals surface area contributed by atoms with Gasteiger partial charge in [0.2, 0.25) is 0 Å². The summed E-state index contributed by atoms with van der Waals surface area (Å²) in [6.07, 6.45) is 2.84. The van der Waals surface area contributed by atoms with E-state index in [1.165, 1.54) is 0 Å². The first-order chi connectivity index (χ1) is 7.54. The van der Waals surface area contributed by atoms with Crippen LogP contribution in [0.1, 0.15) is 43.5 Å². The van der Waals surface area contributed by atoms with Crippen molar-refractivity contribution in [2.45, 2.75) is 33.1 Å². The van der Waals surface area contributed by atoms with E-state index in [1.807, 2.05) is 12.1 Å². The molecular formula is C13H16ClIO. The predicted molar refractivity (Wildman–Crippen MR) is 77.2 cm³/mol. The van der Waals surface area contributed by atoms with Crippen LogP contribution in [-0.4, -0.2) is 5.78 Å². The number of hydrogen-bond acceptors (Lipinski definition) is 1. The highest BCUT2D eigenvalue weighted by atomic mass is 127. The fourth-order valence-electron chi connectivity index (χ4n) is 1.70. The Hall–Kier alpha value is -0.0900. The van der Waals surface area contributed by atoms with E-state index >= 15 is 0 Å². The van der Waals surface area contributed by atoms with Crippen LogP contribution >= 0.6 is 34.2 Å². The second-order valence-corrected chi connectivity index (χ2v) is 5.72. The van der Waals surface area contributed by atoms with Crippen LogP contribution in [0.4, 0.5) is 0 Å². The number of rotatable bonds is 5. The van der Waals surface area contributed by atoms with Crippen molar-refractivity contribution in [3.8, 4) is 0 Å². The summed E-state index contributed by atoms with van der Waals surface area (Å²) in [4.78, 5) is 11.9. The highest BCUT2D eigenvalue weighted by molar-refractivity contribution is 14.1. The maximum atomic E-state index is 11.9. The van der Waals surface area contributed by atoms with Crippen LogP contribution in [-0.2, 0) is 0 Å². The number of hydrogen-bond donors (Lipinski definition) is 0. The minimum Gasteiger partial charge on any atom is -0.294 e. The second-order valence-electron chi connectivity index (χ2n) is 4.15. The van der Waals surface area contributed by atoms with Gasteiger partial charge in [-0.25, -0.2) is 0 Å². The van der Waals surface area contributed by atoms with Gasteiger partial charge < -0.3 is 0 Å². The lowest BCUT2D eigenvalue weighted by Crippen LogP contribution is -2.06. The summed E-state index contributed by atoms with van der Waals surface area (Å²) < 4.78 is 0.984. The lowest BCUT2D eigenvalue weighted by atomic mass is 9.96. The molecule has 3 heteroatoms. The third kappa shape index (κ3) is 4.06. The fourth-order valence-corrected chi connectivity index (χ4v) is 2.21. The van der Waals surface area contributed by atoms with Crippen LogP contribution in [0.3, 0.4) is 0 Å². The molecule has 0 saturated carbocycles. The molecule has 1 atom stereocenters. The normalized spacial score (nSPS) is 12.5. The molecule has 1 rings (SSSR count). The molecular weight excluding hydrogens is 334 g/mol. The van der Waals surface area contributed by atoms with E-state index in [4.69, 9.17) is 11.6 Å². The molecule has 0 aromatic heterocycles. The number of ketones is 1. The minimum absolute atomic E-state index is 0.194. The molecule has 0 aliphatic heterocycles. The number of carbonyl (C=O) groups is 1. The minimum atomic E-state index is 0.194. The molecule has 0 aliphatic rings. The number of benzene rings is 1. The molecule has 0 aliphatic carbocycles. The van der Waals surface area contributed by atoms with Crippen LogP contribution in [0.2, 0.25) is 5.02 Å². The Morgan fingerprint density at radius 1 is 1.50 bits per heavy atom. The Balaban J connectivity index is 2.69. The number of carbonyl (C=O) groups excluding carboxylic acids is 1. The van der Waals surface area contributed by atoms with E-state index in [0.717, 1.165) is 22.0 Å². The van der Waals surface area contributed by atoms with E-state index in [1.54, 1.807) is 6.07 Å². The average molecular weight is 351 g/mol. The molecule has 0 saturated heterocycles. The van der Waals surface area contributed by atoms with Crippen molar-refractivity contribution < 1.29 is 4.79 Å². The van der Waals surface area contributed by atoms with Gasteiger partial charge in [-0.1, -0.05) is 44.4 Å². The third-order valence-electron chi connectivity index (χ3n) is 2.56. The SMILES string of the molecule is CCCC(C)CC(=O)c1ccc(I)c(Cl)c1. The molecule has 1 aromatic carbocycles. The molecule has 16 heavy (non-hydrogen) atoms. The standard InChI is InChI=1S/C13H16ClIO/c1-3-4-9(2)7-13(16)10-5-6-12(15)11(14)8-10/h5-6,8-9H,3-4,7H2,1-2H3. The first-order valence-electron chi connectivity index (χ1n) is 5.52. The summed E-state index contributed by atoms with van der Waals surface area (Å²) in [5.74, 6) is 0.648. The average Bonchev–Trinajstić information content (AvgIpc) is 2.22. The molecule has 0 fully saturated rings. The summed E-state index contributed by atoms with van der Waals surface area (Å²) in [5, 5.41) is 0.662. The van der Waals surface area contributed by atoms with Crippen LogP contribution in [0.15, 0.2) is 18.2 Å². The van der Waals surface area contributed by atoms with Crippen molar-refractivity contribution in [3.63, 3.8) is 0 Å². The molecule has 0 spiro atoms. The van der Waals surface area contributed by atoms with Crippen LogP contribution < -0.4 is 0 Å². The highest BCUT2D eigenvalue weighted by Crippen LogP contribution is 2.22. The van der Waals surface area contributed by atoms with E-state index in [9.17, 15) is 4.79 Å². The molecule has 0 heterocycles. The second kappa shape index (κ2) is 6.60. The highest BCUT2D eigenvalue weighted by Gasteiger charge is 2.11.